The van der Waals surface area contributed by atoms with Crippen molar-refractivity contribution in [1.29, 1.82) is 0 Å². The molecule has 3 N–H and O–H groups in total. The van der Waals surface area contributed by atoms with E-state index in [9.17, 15) is 23.1 Å². The lowest BCUT2D eigenvalue weighted by Crippen LogP contribution is -2.15. The molecule has 4 rings (SSSR count). The Bertz CT molecular complexity index is 1300. The van der Waals surface area contributed by atoms with Gasteiger partial charge in [-0.2, -0.15) is 13.2 Å². The first-order valence-electron chi connectivity index (χ1n) is 9.38. The Hall–Kier alpha value is -3.44. The highest BCUT2D eigenvalue weighted by Gasteiger charge is 2.35. The topological polar surface area (TPSA) is 103 Å². The minimum Gasteiger partial charge on any atom is -0.484 e. The number of thiophene rings is 1. The second-order valence-corrected chi connectivity index (χ2v) is 7.96. The number of alkyl halides is 3. The predicted octanol–water partition coefficient (Wildman–Crippen LogP) is 4.23. The van der Waals surface area contributed by atoms with E-state index in [1.165, 1.54) is 43.7 Å². The smallest absolute Gasteiger partial charge is 0.416 e. The molecular formula is C21H17F3N4O3S. The van der Waals surface area contributed by atoms with E-state index >= 15 is 0 Å². The van der Waals surface area contributed by atoms with Crippen LogP contribution in [0.3, 0.4) is 0 Å². The molecule has 0 saturated heterocycles. The molecule has 0 aliphatic carbocycles. The van der Waals surface area contributed by atoms with Crippen LogP contribution in [0.4, 0.5) is 13.2 Å². The number of fused-ring (bicyclic) bond motifs is 1. The SMILES string of the molecule is C[C@@H](Oc1cc(-n2cnc3cnc(CO)cc32)sc1C(N)=O)c1ccccc1C(F)(F)F. The number of aliphatic hydroxyl groups excluding tert-OH is 1. The molecule has 7 nitrogen and oxygen atoms in total. The van der Waals surface area contributed by atoms with Crippen LogP contribution < -0.4 is 10.5 Å². The van der Waals surface area contributed by atoms with Gasteiger partial charge in [0.2, 0.25) is 0 Å². The monoisotopic (exact) mass is 462 g/mol. The molecule has 11 heteroatoms. The standard InChI is InChI=1S/C21H17F3N4O3S/c1-11(13-4-2-3-5-14(13)21(22,23)24)31-17-7-18(32-19(17)20(25)30)28-10-27-15-8-26-12(9-29)6-16(15)28/h2-8,10-11,29H,9H2,1H3,(H2,25,30)/t11-/m1/s1. The molecule has 0 aliphatic heterocycles. The maximum atomic E-state index is 13.4. The average Bonchev–Trinajstić information content (AvgIpc) is 3.36. The van der Waals surface area contributed by atoms with Crippen molar-refractivity contribution in [1.82, 2.24) is 14.5 Å². The van der Waals surface area contributed by atoms with Gasteiger partial charge >= 0.3 is 6.18 Å². The van der Waals surface area contributed by atoms with Crippen molar-refractivity contribution in [2.45, 2.75) is 25.8 Å². The summed E-state index contributed by atoms with van der Waals surface area (Å²) in [5.41, 5.74) is 6.24. The number of aliphatic hydroxyl groups is 1. The van der Waals surface area contributed by atoms with Gasteiger partial charge in [-0.15, -0.1) is 11.3 Å². The van der Waals surface area contributed by atoms with E-state index in [1.807, 2.05) is 0 Å². The van der Waals surface area contributed by atoms with Crippen molar-refractivity contribution in [2.24, 2.45) is 5.73 Å². The van der Waals surface area contributed by atoms with Gasteiger partial charge in [-0.3, -0.25) is 14.3 Å². The van der Waals surface area contributed by atoms with Crippen LogP contribution >= 0.6 is 11.3 Å². The first-order valence-corrected chi connectivity index (χ1v) is 10.2. The third-order valence-electron chi connectivity index (χ3n) is 4.81. The maximum Gasteiger partial charge on any atom is 0.416 e. The van der Waals surface area contributed by atoms with Crippen LogP contribution in [0.1, 0.15) is 39.5 Å². The average molecular weight is 462 g/mol. The van der Waals surface area contributed by atoms with Gasteiger partial charge in [0.15, 0.2) is 0 Å². The number of primary amides is 1. The van der Waals surface area contributed by atoms with E-state index in [2.05, 4.69) is 9.97 Å². The Labute approximate surface area is 183 Å². The summed E-state index contributed by atoms with van der Waals surface area (Å²) in [4.78, 5) is 20.4. The van der Waals surface area contributed by atoms with Gasteiger partial charge in [-0.25, -0.2) is 4.98 Å². The van der Waals surface area contributed by atoms with Crippen LogP contribution in [-0.4, -0.2) is 25.5 Å². The van der Waals surface area contributed by atoms with Gasteiger partial charge in [0.05, 0.1) is 29.6 Å². The van der Waals surface area contributed by atoms with Gasteiger partial charge in [0, 0.05) is 11.6 Å². The van der Waals surface area contributed by atoms with Crippen molar-refractivity contribution in [2.75, 3.05) is 0 Å². The molecule has 166 valence electrons. The summed E-state index contributed by atoms with van der Waals surface area (Å²) < 4.78 is 47.6. The fourth-order valence-electron chi connectivity index (χ4n) is 3.32. The third kappa shape index (κ3) is 4.04. The molecule has 0 aliphatic rings. The molecule has 0 spiro atoms. The van der Waals surface area contributed by atoms with E-state index in [-0.39, 0.29) is 22.8 Å². The number of imidazole rings is 1. The minimum absolute atomic E-state index is 0.0603. The van der Waals surface area contributed by atoms with E-state index in [0.29, 0.717) is 21.7 Å². The van der Waals surface area contributed by atoms with Crippen molar-refractivity contribution < 1.29 is 27.8 Å². The van der Waals surface area contributed by atoms with E-state index in [0.717, 1.165) is 17.4 Å². The molecule has 0 bridgehead atoms. The number of carbonyl (C=O) groups excluding carboxylic acids is 1. The third-order valence-corrected chi connectivity index (χ3v) is 5.94. The summed E-state index contributed by atoms with van der Waals surface area (Å²) in [6.07, 6.45) is -2.53. The fraction of sp³-hybridized carbons (Fsp3) is 0.190. The molecule has 0 radical (unpaired) electrons. The summed E-state index contributed by atoms with van der Waals surface area (Å²) >= 11 is 1.02. The number of hydrogen-bond acceptors (Lipinski definition) is 6. The van der Waals surface area contributed by atoms with Crippen LogP contribution in [0.25, 0.3) is 16.0 Å². The number of halogens is 3. The second-order valence-electron chi connectivity index (χ2n) is 6.92. The lowest BCUT2D eigenvalue weighted by molar-refractivity contribution is -0.138. The molecule has 4 aromatic rings. The zero-order valence-corrected chi connectivity index (χ0v) is 17.4. The van der Waals surface area contributed by atoms with E-state index in [4.69, 9.17) is 10.5 Å². The minimum atomic E-state index is -4.55. The first-order chi connectivity index (χ1) is 15.2. The summed E-state index contributed by atoms with van der Waals surface area (Å²) in [7, 11) is 0. The highest BCUT2D eigenvalue weighted by atomic mass is 32.1. The highest BCUT2D eigenvalue weighted by molar-refractivity contribution is 7.16. The molecule has 0 saturated carbocycles. The molecule has 0 unspecified atom stereocenters. The Morgan fingerprint density at radius 1 is 1.28 bits per heavy atom. The molecule has 3 aromatic heterocycles. The lowest BCUT2D eigenvalue weighted by atomic mass is 10.0. The summed E-state index contributed by atoms with van der Waals surface area (Å²) in [5.74, 6) is -0.699. The number of pyridine rings is 1. The van der Waals surface area contributed by atoms with Gasteiger partial charge in [-0.1, -0.05) is 18.2 Å². The largest absolute Gasteiger partial charge is 0.484 e. The zero-order valence-electron chi connectivity index (χ0n) is 16.6. The number of rotatable bonds is 6. The summed E-state index contributed by atoms with van der Waals surface area (Å²) in [6.45, 7) is 1.21. The molecule has 0 fully saturated rings. The Kier molecular flexibility index (Phi) is 5.61. The number of hydrogen-bond donors (Lipinski definition) is 2. The van der Waals surface area contributed by atoms with Gasteiger partial charge in [-0.05, 0) is 19.1 Å². The number of benzene rings is 1. The van der Waals surface area contributed by atoms with Crippen LogP contribution in [0, 0.1) is 0 Å². The van der Waals surface area contributed by atoms with Gasteiger partial charge < -0.3 is 15.6 Å². The van der Waals surface area contributed by atoms with Crippen LogP contribution in [0.2, 0.25) is 0 Å². The second kappa shape index (κ2) is 8.24. The fourth-order valence-corrected chi connectivity index (χ4v) is 4.25. The molecule has 3 heterocycles. The summed E-state index contributed by atoms with van der Waals surface area (Å²) in [6, 6.07) is 8.27. The highest BCUT2D eigenvalue weighted by Crippen LogP contribution is 2.39. The van der Waals surface area contributed by atoms with Crippen LogP contribution in [0.15, 0.2) is 48.9 Å². The lowest BCUT2D eigenvalue weighted by Gasteiger charge is -2.19. The van der Waals surface area contributed by atoms with Crippen molar-refractivity contribution in [3.8, 4) is 10.8 Å². The van der Waals surface area contributed by atoms with Gasteiger partial charge in [0.1, 0.15) is 33.6 Å². The normalized spacial score (nSPS) is 12.8. The van der Waals surface area contributed by atoms with Crippen molar-refractivity contribution in [3.63, 3.8) is 0 Å². The molecular weight excluding hydrogens is 445 g/mol. The number of nitrogens with zero attached hydrogens (tertiary/aromatic N) is 3. The number of aromatic nitrogens is 3. The number of ether oxygens (including phenoxy) is 1. The molecule has 32 heavy (non-hydrogen) atoms. The molecule has 1 amide bonds. The number of amides is 1. The number of nitrogens with two attached hydrogens (primary N) is 1. The number of carbonyl (C=O) groups is 1. The van der Waals surface area contributed by atoms with Gasteiger partial charge in [0.25, 0.3) is 5.91 Å². The van der Waals surface area contributed by atoms with Crippen molar-refractivity contribution in [3.05, 3.63) is 70.6 Å². The van der Waals surface area contributed by atoms with Crippen LogP contribution in [0.5, 0.6) is 5.75 Å². The first kappa shape index (κ1) is 21.8. The van der Waals surface area contributed by atoms with Crippen LogP contribution in [-0.2, 0) is 12.8 Å². The van der Waals surface area contributed by atoms with Crippen molar-refractivity contribution >= 4 is 28.3 Å². The van der Waals surface area contributed by atoms with E-state index < -0.39 is 23.8 Å². The zero-order chi connectivity index (χ0) is 23.0. The Balaban J connectivity index is 1.74. The predicted molar refractivity (Wildman–Crippen MR) is 112 cm³/mol. The maximum absolute atomic E-state index is 13.4. The molecule has 1 aromatic carbocycles. The Morgan fingerprint density at radius 2 is 2.03 bits per heavy atom. The Morgan fingerprint density at radius 3 is 2.72 bits per heavy atom. The van der Waals surface area contributed by atoms with E-state index in [1.54, 1.807) is 10.6 Å². The quantitative estimate of drug-likeness (QED) is 0.446. The summed E-state index contributed by atoms with van der Waals surface area (Å²) in [5, 5.41) is 9.87. The molecule has 1 atom stereocenters.